The standard InChI is InChI=1S/C22H34N4O2/c1-3-23-22(28)26-13-9-19(10-14-26)17-18-5-7-20(8-6-18)21(27)25-12-4-11-24(2)15-16-25/h5-8,19H,3-4,9-17H2,1-2H3,(H,23,28). The molecule has 2 aliphatic rings. The quantitative estimate of drug-likeness (QED) is 0.865. The Morgan fingerprint density at radius 2 is 1.68 bits per heavy atom. The van der Waals surface area contributed by atoms with Gasteiger partial charge in [-0.1, -0.05) is 12.1 Å². The summed E-state index contributed by atoms with van der Waals surface area (Å²) in [4.78, 5) is 30.9. The van der Waals surface area contributed by atoms with Crippen molar-refractivity contribution in [2.75, 3.05) is 52.9 Å². The second-order valence-corrected chi connectivity index (χ2v) is 8.12. The van der Waals surface area contributed by atoms with E-state index in [1.165, 1.54) is 5.56 Å². The summed E-state index contributed by atoms with van der Waals surface area (Å²) < 4.78 is 0. The average Bonchev–Trinajstić information content (AvgIpc) is 2.93. The van der Waals surface area contributed by atoms with Gasteiger partial charge in [-0.2, -0.15) is 0 Å². The van der Waals surface area contributed by atoms with Gasteiger partial charge in [0.25, 0.3) is 5.91 Å². The highest BCUT2D eigenvalue weighted by molar-refractivity contribution is 5.94. The Morgan fingerprint density at radius 3 is 2.36 bits per heavy atom. The van der Waals surface area contributed by atoms with Crippen LogP contribution in [0.5, 0.6) is 0 Å². The van der Waals surface area contributed by atoms with E-state index in [4.69, 9.17) is 0 Å². The van der Waals surface area contributed by atoms with Gasteiger partial charge in [0, 0.05) is 44.8 Å². The van der Waals surface area contributed by atoms with Gasteiger partial charge in [0.2, 0.25) is 0 Å². The largest absolute Gasteiger partial charge is 0.338 e. The summed E-state index contributed by atoms with van der Waals surface area (Å²) in [5, 5.41) is 2.88. The average molecular weight is 387 g/mol. The minimum Gasteiger partial charge on any atom is -0.338 e. The van der Waals surface area contributed by atoms with Crippen LogP contribution in [0.1, 0.15) is 42.1 Å². The van der Waals surface area contributed by atoms with E-state index in [0.29, 0.717) is 12.5 Å². The van der Waals surface area contributed by atoms with Gasteiger partial charge < -0.3 is 20.0 Å². The number of piperidine rings is 1. The van der Waals surface area contributed by atoms with E-state index in [-0.39, 0.29) is 11.9 Å². The molecule has 154 valence electrons. The highest BCUT2D eigenvalue weighted by Crippen LogP contribution is 2.22. The molecule has 1 N–H and O–H groups in total. The number of urea groups is 1. The van der Waals surface area contributed by atoms with Crippen LogP contribution in [-0.4, -0.2) is 79.5 Å². The van der Waals surface area contributed by atoms with Crippen LogP contribution in [0.15, 0.2) is 24.3 Å². The molecule has 2 saturated heterocycles. The molecule has 0 radical (unpaired) electrons. The monoisotopic (exact) mass is 386 g/mol. The van der Waals surface area contributed by atoms with Gasteiger partial charge in [-0.15, -0.1) is 0 Å². The summed E-state index contributed by atoms with van der Waals surface area (Å²) in [5.41, 5.74) is 2.07. The van der Waals surface area contributed by atoms with Crippen molar-refractivity contribution in [1.29, 1.82) is 0 Å². The lowest BCUT2D eigenvalue weighted by molar-refractivity contribution is 0.0763. The third-order valence-electron chi connectivity index (χ3n) is 5.96. The molecule has 0 saturated carbocycles. The van der Waals surface area contributed by atoms with Crippen molar-refractivity contribution in [3.8, 4) is 0 Å². The van der Waals surface area contributed by atoms with Crippen molar-refractivity contribution in [3.63, 3.8) is 0 Å². The molecule has 3 amide bonds. The zero-order valence-corrected chi connectivity index (χ0v) is 17.3. The fourth-order valence-electron chi connectivity index (χ4n) is 4.15. The molecule has 0 bridgehead atoms. The second kappa shape index (κ2) is 9.92. The van der Waals surface area contributed by atoms with Crippen LogP contribution in [0.2, 0.25) is 0 Å². The summed E-state index contributed by atoms with van der Waals surface area (Å²) in [6.07, 6.45) is 4.14. The van der Waals surface area contributed by atoms with E-state index in [1.807, 2.05) is 28.9 Å². The molecule has 0 atom stereocenters. The van der Waals surface area contributed by atoms with E-state index in [0.717, 1.165) is 70.5 Å². The van der Waals surface area contributed by atoms with Crippen molar-refractivity contribution in [3.05, 3.63) is 35.4 Å². The lowest BCUT2D eigenvalue weighted by atomic mass is 9.90. The molecule has 6 nitrogen and oxygen atoms in total. The van der Waals surface area contributed by atoms with E-state index in [9.17, 15) is 9.59 Å². The molecule has 0 spiro atoms. The fraction of sp³-hybridized carbons (Fsp3) is 0.636. The first kappa shape index (κ1) is 20.6. The maximum Gasteiger partial charge on any atom is 0.317 e. The Kier molecular flexibility index (Phi) is 7.31. The van der Waals surface area contributed by atoms with Gasteiger partial charge in [0.05, 0.1) is 0 Å². The molecule has 1 aromatic rings. The molecule has 3 rings (SSSR count). The summed E-state index contributed by atoms with van der Waals surface area (Å²) in [5.74, 6) is 0.755. The second-order valence-electron chi connectivity index (χ2n) is 8.12. The van der Waals surface area contributed by atoms with Gasteiger partial charge in [-0.25, -0.2) is 4.79 Å². The van der Waals surface area contributed by atoms with Gasteiger partial charge in [0.1, 0.15) is 0 Å². The molecule has 0 unspecified atom stereocenters. The van der Waals surface area contributed by atoms with Crippen molar-refractivity contribution >= 4 is 11.9 Å². The number of hydrogen-bond donors (Lipinski definition) is 1. The Bertz CT molecular complexity index is 653. The summed E-state index contributed by atoms with van der Waals surface area (Å²) in [6.45, 7) is 7.94. The fourth-order valence-corrected chi connectivity index (χ4v) is 4.15. The lowest BCUT2D eigenvalue weighted by Crippen LogP contribution is -2.44. The predicted molar refractivity (Wildman–Crippen MR) is 112 cm³/mol. The van der Waals surface area contributed by atoms with Crippen molar-refractivity contribution < 1.29 is 9.59 Å². The predicted octanol–water partition coefficient (Wildman–Crippen LogP) is 2.45. The first-order valence-corrected chi connectivity index (χ1v) is 10.7. The molecular formula is C22H34N4O2. The zero-order chi connectivity index (χ0) is 19.9. The number of benzene rings is 1. The van der Waals surface area contributed by atoms with E-state index >= 15 is 0 Å². The number of rotatable bonds is 4. The zero-order valence-electron chi connectivity index (χ0n) is 17.3. The number of amides is 3. The summed E-state index contributed by atoms with van der Waals surface area (Å²) >= 11 is 0. The van der Waals surface area contributed by atoms with Crippen molar-refractivity contribution in [2.24, 2.45) is 5.92 Å². The number of nitrogens with one attached hydrogen (secondary N) is 1. The molecule has 2 heterocycles. The number of carbonyl (C=O) groups is 2. The number of likely N-dealkylation sites (N-methyl/N-ethyl adjacent to an activating group) is 1. The minimum absolute atomic E-state index is 0.0588. The van der Waals surface area contributed by atoms with E-state index in [2.05, 4.69) is 29.4 Å². The number of likely N-dealkylation sites (tertiary alicyclic amines) is 1. The summed E-state index contributed by atoms with van der Waals surface area (Å²) in [6, 6.07) is 8.23. The number of nitrogens with zero attached hydrogens (tertiary/aromatic N) is 3. The van der Waals surface area contributed by atoms with Crippen molar-refractivity contribution in [1.82, 2.24) is 20.0 Å². The van der Waals surface area contributed by atoms with Crippen LogP contribution in [0.3, 0.4) is 0 Å². The molecule has 0 aliphatic carbocycles. The number of hydrogen-bond acceptors (Lipinski definition) is 3. The molecule has 1 aromatic carbocycles. The third kappa shape index (κ3) is 5.47. The van der Waals surface area contributed by atoms with Crippen LogP contribution in [0.25, 0.3) is 0 Å². The first-order chi connectivity index (χ1) is 13.6. The van der Waals surface area contributed by atoms with Crippen LogP contribution in [0, 0.1) is 5.92 Å². The Balaban J connectivity index is 1.49. The van der Waals surface area contributed by atoms with Gasteiger partial charge in [-0.3, -0.25) is 4.79 Å². The van der Waals surface area contributed by atoms with Crippen LogP contribution in [0.4, 0.5) is 4.79 Å². The normalized spacial score (nSPS) is 19.4. The summed E-state index contributed by atoms with van der Waals surface area (Å²) in [7, 11) is 2.11. The maximum atomic E-state index is 12.8. The third-order valence-corrected chi connectivity index (χ3v) is 5.96. The van der Waals surface area contributed by atoms with Crippen molar-refractivity contribution in [2.45, 2.75) is 32.6 Å². The Labute approximate surface area is 168 Å². The molecule has 2 aliphatic heterocycles. The van der Waals surface area contributed by atoms with Crippen LogP contribution < -0.4 is 5.32 Å². The Hall–Kier alpha value is -2.08. The molecule has 0 aromatic heterocycles. The van der Waals surface area contributed by atoms with E-state index in [1.54, 1.807) is 0 Å². The highest BCUT2D eigenvalue weighted by atomic mass is 16.2. The van der Waals surface area contributed by atoms with Gasteiger partial charge >= 0.3 is 6.03 Å². The topological polar surface area (TPSA) is 55.9 Å². The highest BCUT2D eigenvalue weighted by Gasteiger charge is 2.23. The van der Waals surface area contributed by atoms with Gasteiger partial charge in [-0.05, 0) is 69.8 Å². The molecule has 6 heteroatoms. The first-order valence-electron chi connectivity index (χ1n) is 10.7. The molecular weight excluding hydrogens is 352 g/mol. The van der Waals surface area contributed by atoms with Gasteiger partial charge in [0.15, 0.2) is 0 Å². The maximum absolute atomic E-state index is 12.8. The van der Waals surface area contributed by atoms with E-state index < -0.39 is 0 Å². The smallest absolute Gasteiger partial charge is 0.317 e. The SMILES string of the molecule is CCNC(=O)N1CCC(Cc2ccc(C(=O)N3CCCN(C)CC3)cc2)CC1. The lowest BCUT2D eigenvalue weighted by Gasteiger charge is -2.32. The molecule has 2 fully saturated rings. The van der Waals surface area contributed by atoms with Crippen LogP contribution in [-0.2, 0) is 6.42 Å². The number of carbonyl (C=O) groups excluding carboxylic acids is 2. The molecule has 28 heavy (non-hydrogen) atoms. The minimum atomic E-state index is 0.0588. The van der Waals surface area contributed by atoms with Crippen LogP contribution >= 0.6 is 0 Å². The Morgan fingerprint density at radius 1 is 0.964 bits per heavy atom.